The van der Waals surface area contributed by atoms with Gasteiger partial charge in [0.1, 0.15) is 0 Å². The monoisotopic (exact) mass is 242 g/mol. The van der Waals surface area contributed by atoms with Gasteiger partial charge in [0.2, 0.25) is 0 Å². The van der Waals surface area contributed by atoms with Crippen LogP contribution in [0.15, 0.2) is 5.16 Å². The molecule has 0 spiro atoms. The van der Waals surface area contributed by atoms with Crippen molar-refractivity contribution in [2.75, 3.05) is 20.1 Å². The molecule has 1 unspecified atom stereocenters. The first-order valence-corrected chi connectivity index (χ1v) is 6.05. The van der Waals surface area contributed by atoms with Crippen LogP contribution in [0.25, 0.3) is 0 Å². The standard InChI is InChI=1S/C10H18N4OS/c1-7(8-3-5-13(2)6-4-8)14-9(15)11-12-10(14)16/h7-8H,3-6H2,1-2H3,(H,11,15)(H,12,16). The molecule has 1 aliphatic heterocycles. The van der Waals surface area contributed by atoms with Gasteiger partial charge in [-0.25, -0.2) is 0 Å². The Bertz CT molecular complexity index is 340. The summed E-state index contributed by atoms with van der Waals surface area (Å²) in [5, 5.41) is 17.5. The van der Waals surface area contributed by atoms with Gasteiger partial charge in [0.15, 0.2) is 5.16 Å². The number of thiol groups is 1. The largest absolute Gasteiger partial charge is 0.479 e. The van der Waals surface area contributed by atoms with Crippen molar-refractivity contribution in [3.63, 3.8) is 0 Å². The summed E-state index contributed by atoms with van der Waals surface area (Å²) >= 11 is 4.21. The van der Waals surface area contributed by atoms with E-state index in [1.54, 1.807) is 4.57 Å². The minimum atomic E-state index is -0.0311. The van der Waals surface area contributed by atoms with E-state index in [2.05, 4.69) is 41.7 Å². The smallest absolute Gasteiger partial charge is 0.315 e. The van der Waals surface area contributed by atoms with Crippen molar-refractivity contribution >= 4 is 12.6 Å². The van der Waals surface area contributed by atoms with E-state index in [1.807, 2.05) is 0 Å². The number of piperidine rings is 1. The summed E-state index contributed by atoms with van der Waals surface area (Å²) in [5.74, 6) is 0.559. The zero-order valence-electron chi connectivity index (χ0n) is 9.67. The van der Waals surface area contributed by atoms with Crippen LogP contribution in [0.1, 0.15) is 25.8 Å². The molecular formula is C10H18N4OS. The Kier molecular flexibility index (Phi) is 3.39. The second-order valence-corrected chi connectivity index (χ2v) is 4.95. The molecule has 1 aromatic heterocycles. The summed E-state index contributed by atoms with van der Waals surface area (Å²) in [6.45, 7) is 4.32. The van der Waals surface area contributed by atoms with Gasteiger partial charge in [0.05, 0.1) is 0 Å². The molecule has 1 aliphatic rings. The molecule has 0 bridgehead atoms. The topological polar surface area (TPSA) is 54.2 Å². The average Bonchev–Trinajstić information content (AvgIpc) is 2.59. The van der Waals surface area contributed by atoms with Gasteiger partial charge in [-0.1, -0.05) is 5.10 Å². The molecule has 16 heavy (non-hydrogen) atoms. The summed E-state index contributed by atoms with van der Waals surface area (Å²) in [6.07, 6.45) is 2.28. The Morgan fingerprint density at radius 2 is 2.00 bits per heavy atom. The van der Waals surface area contributed by atoms with Gasteiger partial charge >= 0.3 is 6.01 Å². The van der Waals surface area contributed by atoms with E-state index in [9.17, 15) is 5.11 Å². The quantitative estimate of drug-likeness (QED) is 0.765. The fourth-order valence-corrected chi connectivity index (χ4v) is 2.68. The van der Waals surface area contributed by atoms with Gasteiger partial charge in [0.25, 0.3) is 0 Å². The minimum absolute atomic E-state index is 0.0311. The Hall–Kier alpha value is -0.750. The second-order valence-electron chi connectivity index (χ2n) is 4.55. The van der Waals surface area contributed by atoms with Crippen LogP contribution in [0.2, 0.25) is 0 Å². The molecule has 0 radical (unpaired) electrons. The van der Waals surface area contributed by atoms with Crippen LogP contribution in [0, 0.1) is 5.92 Å². The van der Waals surface area contributed by atoms with Gasteiger partial charge in [-0.15, -0.1) is 17.7 Å². The summed E-state index contributed by atoms with van der Waals surface area (Å²) in [6, 6.07) is 0.174. The normalized spacial score (nSPS) is 21.2. The average molecular weight is 242 g/mol. The predicted octanol–water partition coefficient (Wildman–Crippen LogP) is 1.18. The van der Waals surface area contributed by atoms with Gasteiger partial charge in [-0.3, -0.25) is 4.57 Å². The molecule has 5 nitrogen and oxygen atoms in total. The highest BCUT2D eigenvalue weighted by atomic mass is 32.1. The van der Waals surface area contributed by atoms with E-state index in [0.717, 1.165) is 25.9 Å². The van der Waals surface area contributed by atoms with Crippen molar-refractivity contribution in [3.05, 3.63) is 0 Å². The lowest BCUT2D eigenvalue weighted by molar-refractivity contribution is 0.170. The highest BCUT2D eigenvalue weighted by Gasteiger charge is 2.26. The van der Waals surface area contributed by atoms with E-state index in [0.29, 0.717) is 11.1 Å². The fraction of sp³-hybridized carbons (Fsp3) is 0.800. The third-order valence-corrected chi connectivity index (χ3v) is 3.82. The molecular weight excluding hydrogens is 224 g/mol. The summed E-state index contributed by atoms with van der Waals surface area (Å²) < 4.78 is 1.71. The van der Waals surface area contributed by atoms with Gasteiger partial charge in [0, 0.05) is 6.04 Å². The van der Waals surface area contributed by atoms with Crippen LogP contribution < -0.4 is 0 Å². The number of nitrogens with zero attached hydrogens (tertiary/aromatic N) is 4. The molecule has 90 valence electrons. The molecule has 0 amide bonds. The summed E-state index contributed by atoms with van der Waals surface area (Å²) in [7, 11) is 2.14. The van der Waals surface area contributed by atoms with E-state index < -0.39 is 0 Å². The molecule has 0 saturated carbocycles. The van der Waals surface area contributed by atoms with Crippen molar-refractivity contribution in [1.82, 2.24) is 19.7 Å². The maximum atomic E-state index is 9.61. The molecule has 1 atom stereocenters. The number of rotatable bonds is 2. The number of hydrogen-bond acceptors (Lipinski definition) is 5. The Morgan fingerprint density at radius 3 is 2.50 bits per heavy atom. The Labute approximate surface area is 101 Å². The predicted molar refractivity (Wildman–Crippen MR) is 63.9 cm³/mol. The molecule has 6 heteroatoms. The first kappa shape index (κ1) is 11.7. The number of aromatic hydroxyl groups is 1. The summed E-state index contributed by atoms with van der Waals surface area (Å²) in [5.41, 5.74) is 0. The van der Waals surface area contributed by atoms with Crippen LogP contribution in [0.3, 0.4) is 0 Å². The number of hydrogen-bond donors (Lipinski definition) is 2. The van der Waals surface area contributed by atoms with Crippen molar-refractivity contribution < 1.29 is 5.11 Å². The lowest BCUT2D eigenvalue weighted by Crippen LogP contribution is -2.33. The molecule has 1 aromatic rings. The molecule has 1 N–H and O–H groups in total. The van der Waals surface area contributed by atoms with Crippen LogP contribution in [-0.2, 0) is 0 Å². The molecule has 2 rings (SSSR count). The minimum Gasteiger partial charge on any atom is -0.479 e. The van der Waals surface area contributed by atoms with E-state index >= 15 is 0 Å². The maximum Gasteiger partial charge on any atom is 0.315 e. The van der Waals surface area contributed by atoms with Crippen molar-refractivity contribution in [2.45, 2.75) is 31.0 Å². The van der Waals surface area contributed by atoms with Crippen LogP contribution in [0.4, 0.5) is 0 Å². The first-order valence-electron chi connectivity index (χ1n) is 5.61. The van der Waals surface area contributed by atoms with Gasteiger partial charge in [-0.2, -0.15) is 0 Å². The molecule has 1 saturated heterocycles. The van der Waals surface area contributed by atoms with E-state index in [-0.39, 0.29) is 12.1 Å². The van der Waals surface area contributed by atoms with Crippen molar-refractivity contribution in [2.24, 2.45) is 5.92 Å². The third kappa shape index (κ3) is 2.17. The highest BCUT2D eigenvalue weighted by molar-refractivity contribution is 7.80. The first-order chi connectivity index (χ1) is 7.59. The zero-order chi connectivity index (χ0) is 11.7. The maximum absolute atomic E-state index is 9.61. The second kappa shape index (κ2) is 4.63. The van der Waals surface area contributed by atoms with E-state index in [4.69, 9.17) is 0 Å². The molecule has 2 heterocycles. The lowest BCUT2D eigenvalue weighted by Gasteiger charge is -2.33. The molecule has 1 fully saturated rings. The molecule has 0 aliphatic carbocycles. The Balaban J connectivity index is 2.10. The summed E-state index contributed by atoms with van der Waals surface area (Å²) in [4.78, 5) is 2.33. The third-order valence-electron chi connectivity index (χ3n) is 3.51. The van der Waals surface area contributed by atoms with Crippen LogP contribution in [-0.4, -0.2) is 44.9 Å². The van der Waals surface area contributed by atoms with Crippen molar-refractivity contribution in [1.29, 1.82) is 0 Å². The highest BCUT2D eigenvalue weighted by Crippen LogP contribution is 2.31. The fourth-order valence-electron chi connectivity index (χ4n) is 2.36. The van der Waals surface area contributed by atoms with E-state index in [1.165, 1.54) is 0 Å². The number of likely N-dealkylation sites (tertiary alicyclic amines) is 1. The van der Waals surface area contributed by atoms with Crippen LogP contribution >= 0.6 is 12.6 Å². The van der Waals surface area contributed by atoms with Gasteiger partial charge in [-0.05, 0) is 45.8 Å². The van der Waals surface area contributed by atoms with Crippen molar-refractivity contribution in [3.8, 4) is 6.01 Å². The zero-order valence-corrected chi connectivity index (χ0v) is 10.6. The number of aromatic nitrogens is 3. The lowest BCUT2D eigenvalue weighted by atomic mass is 9.90. The SMILES string of the molecule is CC(C1CCN(C)CC1)n1c(O)nnc1S. The van der Waals surface area contributed by atoms with Gasteiger partial charge < -0.3 is 10.0 Å². The van der Waals surface area contributed by atoms with Crippen LogP contribution in [0.5, 0.6) is 6.01 Å². The molecule has 0 aromatic carbocycles. The Morgan fingerprint density at radius 1 is 1.38 bits per heavy atom.